The molecule has 0 atom stereocenters. The fraction of sp³-hybridized carbons (Fsp3) is 0.111. The van der Waals surface area contributed by atoms with E-state index < -0.39 is 0 Å². The highest BCUT2D eigenvalue weighted by Gasteiger charge is 2.11. The molecule has 0 amide bonds. The Kier molecular flexibility index (Phi) is 1.18. The van der Waals surface area contributed by atoms with Crippen LogP contribution in [0.15, 0.2) is 33.2 Å². The Morgan fingerprint density at radius 1 is 1.25 bits per heavy atom. The monoisotopic (exact) mass is 174 g/mol. The van der Waals surface area contributed by atoms with Crippen LogP contribution >= 0.6 is 11.8 Å². The summed E-state index contributed by atoms with van der Waals surface area (Å²) in [6.45, 7) is 0. The van der Waals surface area contributed by atoms with Gasteiger partial charge >= 0.3 is 0 Å². The fourth-order valence-electron chi connectivity index (χ4n) is 1.49. The van der Waals surface area contributed by atoms with Crippen molar-refractivity contribution >= 4 is 17.8 Å². The molecular formula is C9H6N2S. The van der Waals surface area contributed by atoms with Gasteiger partial charge in [0.2, 0.25) is 0 Å². The van der Waals surface area contributed by atoms with Gasteiger partial charge in [0.15, 0.2) is 0 Å². The summed E-state index contributed by atoms with van der Waals surface area (Å²) in [6.07, 6.45) is 3.91. The van der Waals surface area contributed by atoms with Crippen molar-refractivity contribution in [3.63, 3.8) is 0 Å². The second-order valence-electron chi connectivity index (χ2n) is 2.72. The van der Waals surface area contributed by atoms with Crippen LogP contribution in [0.4, 0.5) is 0 Å². The van der Waals surface area contributed by atoms with Crippen LogP contribution in [0, 0.1) is 0 Å². The van der Waals surface area contributed by atoms with Crippen molar-refractivity contribution in [2.75, 3.05) is 5.88 Å². The van der Waals surface area contributed by atoms with Crippen LogP contribution in [-0.2, 0) is 0 Å². The minimum atomic E-state index is 0.861. The Labute approximate surface area is 73.7 Å². The number of hydrogen-bond donors (Lipinski definition) is 0. The molecule has 2 heterocycles. The summed E-state index contributed by atoms with van der Waals surface area (Å²) < 4.78 is 0. The van der Waals surface area contributed by atoms with Gasteiger partial charge in [0.1, 0.15) is 0 Å². The van der Waals surface area contributed by atoms with E-state index in [-0.39, 0.29) is 0 Å². The van der Waals surface area contributed by atoms with Crippen LogP contribution < -0.4 is 10.7 Å². The van der Waals surface area contributed by atoms with Crippen LogP contribution in [0.1, 0.15) is 5.56 Å². The van der Waals surface area contributed by atoms with Crippen molar-refractivity contribution in [3.05, 3.63) is 34.6 Å². The largest absolute Gasteiger partial charge is 0.273 e. The molecule has 0 aliphatic carbocycles. The molecule has 0 saturated heterocycles. The molecule has 0 N–H and O–H groups in total. The molecule has 2 aliphatic heterocycles. The van der Waals surface area contributed by atoms with Crippen molar-refractivity contribution in [3.8, 4) is 0 Å². The molecule has 12 heavy (non-hydrogen) atoms. The van der Waals surface area contributed by atoms with E-state index in [1.807, 2.05) is 18.3 Å². The number of thioether (sulfide) groups is 1. The molecule has 0 aromatic heterocycles. The normalized spacial score (nSPS) is 16.7. The molecule has 0 radical (unpaired) electrons. The summed E-state index contributed by atoms with van der Waals surface area (Å²) in [5.41, 5.74) is 1.25. The lowest BCUT2D eigenvalue weighted by Gasteiger charge is -1.95. The predicted molar refractivity (Wildman–Crippen MR) is 48.5 cm³/mol. The first-order valence-corrected chi connectivity index (χ1v) is 4.78. The van der Waals surface area contributed by atoms with Gasteiger partial charge in [-0.15, -0.1) is 0 Å². The Morgan fingerprint density at radius 2 is 2.17 bits per heavy atom. The first-order valence-electron chi connectivity index (χ1n) is 3.80. The van der Waals surface area contributed by atoms with Crippen molar-refractivity contribution < 1.29 is 0 Å². The molecule has 0 unspecified atom stereocenters. The molecular weight excluding hydrogens is 168 g/mol. The smallest absolute Gasteiger partial charge is 0.0898 e. The SMILES string of the molecule is C1=Cc2c3c(ccc2=N1)=NCS3. The average Bonchev–Trinajstić information content (AvgIpc) is 2.71. The van der Waals surface area contributed by atoms with E-state index in [4.69, 9.17) is 0 Å². The third-order valence-corrected chi connectivity index (χ3v) is 3.03. The molecule has 1 aromatic rings. The van der Waals surface area contributed by atoms with Crippen molar-refractivity contribution in [2.24, 2.45) is 9.98 Å². The maximum Gasteiger partial charge on any atom is 0.0898 e. The van der Waals surface area contributed by atoms with Crippen LogP contribution in [-0.4, -0.2) is 5.88 Å². The quantitative estimate of drug-likeness (QED) is 0.575. The maximum atomic E-state index is 4.36. The molecule has 1 aromatic carbocycles. The number of rotatable bonds is 0. The van der Waals surface area contributed by atoms with Gasteiger partial charge in [0.05, 0.1) is 16.6 Å². The summed E-state index contributed by atoms with van der Waals surface area (Å²) in [7, 11) is 0. The van der Waals surface area contributed by atoms with E-state index in [0.717, 1.165) is 16.6 Å². The second-order valence-corrected chi connectivity index (χ2v) is 3.68. The molecule has 2 aliphatic rings. The van der Waals surface area contributed by atoms with Gasteiger partial charge in [-0.1, -0.05) is 11.8 Å². The minimum Gasteiger partial charge on any atom is -0.273 e. The number of benzene rings is 1. The maximum absolute atomic E-state index is 4.36. The first-order chi connectivity index (χ1) is 5.95. The molecule has 58 valence electrons. The van der Waals surface area contributed by atoms with Gasteiger partial charge in [-0.3, -0.25) is 9.98 Å². The third-order valence-electron chi connectivity index (χ3n) is 2.05. The van der Waals surface area contributed by atoms with Crippen LogP contribution in [0.25, 0.3) is 6.08 Å². The zero-order valence-corrected chi connectivity index (χ0v) is 7.14. The number of fused-ring (bicyclic) bond motifs is 3. The van der Waals surface area contributed by atoms with Gasteiger partial charge in [-0.25, -0.2) is 0 Å². The average molecular weight is 174 g/mol. The Balaban J connectivity index is 2.50. The number of hydrogen-bond acceptors (Lipinski definition) is 3. The Bertz CT molecular complexity index is 488. The van der Waals surface area contributed by atoms with Gasteiger partial charge < -0.3 is 0 Å². The summed E-state index contributed by atoms with van der Waals surface area (Å²) in [4.78, 5) is 9.90. The van der Waals surface area contributed by atoms with E-state index in [0.29, 0.717) is 0 Å². The molecule has 0 bridgehead atoms. The van der Waals surface area contributed by atoms with Gasteiger partial charge in [-0.2, -0.15) is 0 Å². The first kappa shape index (κ1) is 6.43. The molecule has 2 nitrogen and oxygen atoms in total. The van der Waals surface area contributed by atoms with Crippen molar-refractivity contribution in [1.29, 1.82) is 0 Å². The fourth-order valence-corrected chi connectivity index (χ4v) is 2.43. The summed E-state index contributed by atoms with van der Waals surface area (Å²) in [6, 6.07) is 4.08. The lowest BCUT2D eigenvalue weighted by atomic mass is 10.2. The van der Waals surface area contributed by atoms with Crippen LogP contribution in [0.2, 0.25) is 0 Å². The van der Waals surface area contributed by atoms with Gasteiger partial charge in [0.25, 0.3) is 0 Å². The lowest BCUT2D eigenvalue weighted by Crippen LogP contribution is -2.12. The predicted octanol–water partition coefficient (Wildman–Crippen LogP) is 0.973. The lowest BCUT2D eigenvalue weighted by molar-refractivity contribution is 1.18. The van der Waals surface area contributed by atoms with Gasteiger partial charge in [0, 0.05) is 16.7 Å². The molecule has 0 saturated carbocycles. The highest BCUT2D eigenvalue weighted by molar-refractivity contribution is 7.99. The van der Waals surface area contributed by atoms with E-state index in [1.165, 1.54) is 10.5 Å². The van der Waals surface area contributed by atoms with Crippen molar-refractivity contribution in [2.45, 2.75) is 4.90 Å². The zero-order chi connectivity index (χ0) is 7.97. The van der Waals surface area contributed by atoms with E-state index in [9.17, 15) is 0 Å². The van der Waals surface area contributed by atoms with Crippen LogP contribution in [0.5, 0.6) is 0 Å². The van der Waals surface area contributed by atoms with E-state index >= 15 is 0 Å². The van der Waals surface area contributed by atoms with E-state index in [2.05, 4.69) is 16.1 Å². The standard InChI is InChI=1S/C9H6N2S/c1-2-8-9(12-5-11-8)6-3-4-10-7(1)6/h1-4H,5H2. The summed E-state index contributed by atoms with van der Waals surface area (Å²) in [5.74, 6) is 0.861. The number of nitrogens with zero attached hydrogens (tertiary/aromatic N) is 2. The molecule has 0 fully saturated rings. The summed E-state index contributed by atoms with van der Waals surface area (Å²) in [5, 5.41) is 2.21. The third kappa shape index (κ3) is 0.716. The molecule has 3 rings (SSSR count). The topological polar surface area (TPSA) is 24.7 Å². The zero-order valence-electron chi connectivity index (χ0n) is 6.32. The highest BCUT2D eigenvalue weighted by atomic mass is 32.2. The molecule has 0 spiro atoms. The second kappa shape index (κ2) is 2.20. The van der Waals surface area contributed by atoms with Gasteiger partial charge in [-0.05, 0) is 18.2 Å². The Morgan fingerprint density at radius 3 is 3.17 bits per heavy atom. The minimum absolute atomic E-state index is 0.861. The summed E-state index contributed by atoms with van der Waals surface area (Å²) >= 11 is 1.80. The van der Waals surface area contributed by atoms with Crippen LogP contribution in [0.3, 0.4) is 0 Å². The highest BCUT2D eigenvalue weighted by Crippen LogP contribution is 2.22. The molecule has 3 heteroatoms. The van der Waals surface area contributed by atoms with Crippen molar-refractivity contribution in [1.82, 2.24) is 0 Å². The Hall–Kier alpha value is -1.09. The van der Waals surface area contributed by atoms with E-state index in [1.54, 1.807) is 11.8 Å².